The van der Waals surface area contributed by atoms with Gasteiger partial charge >= 0.3 is 12.0 Å². The third-order valence-corrected chi connectivity index (χ3v) is 5.72. The number of hydrogen-bond acceptors (Lipinski definition) is 6. The van der Waals surface area contributed by atoms with Crippen LogP contribution in [0.3, 0.4) is 0 Å². The van der Waals surface area contributed by atoms with E-state index in [4.69, 9.17) is 9.47 Å². The Labute approximate surface area is 183 Å². The Morgan fingerprint density at radius 1 is 1.16 bits per heavy atom. The van der Waals surface area contributed by atoms with E-state index in [0.717, 1.165) is 16.6 Å². The van der Waals surface area contributed by atoms with Gasteiger partial charge in [0.2, 0.25) is 0 Å². The zero-order valence-electron chi connectivity index (χ0n) is 17.1. The first-order valence-corrected chi connectivity index (χ1v) is 10.8. The Bertz CT molecular complexity index is 1110. The summed E-state index contributed by atoms with van der Waals surface area (Å²) in [6.07, 6.45) is 0. The SMILES string of the molecule is CCOC(=O)C1=C(CSc2nc3ccccc3[nH]2)NC(=O)N[C@@H]1c1ccc(OC)cc1. The number of nitrogens with one attached hydrogen (secondary N) is 3. The predicted octanol–water partition coefficient (Wildman–Crippen LogP) is 3.53. The molecule has 8 nitrogen and oxygen atoms in total. The minimum atomic E-state index is -0.634. The van der Waals surface area contributed by atoms with E-state index in [1.165, 1.54) is 11.8 Å². The third kappa shape index (κ3) is 4.51. The van der Waals surface area contributed by atoms with Crippen LogP contribution in [-0.4, -0.2) is 41.4 Å². The van der Waals surface area contributed by atoms with E-state index in [2.05, 4.69) is 20.6 Å². The summed E-state index contributed by atoms with van der Waals surface area (Å²) < 4.78 is 10.5. The highest BCUT2D eigenvalue weighted by molar-refractivity contribution is 7.99. The number of imidazole rings is 1. The van der Waals surface area contributed by atoms with Gasteiger partial charge in [-0.1, -0.05) is 36.0 Å². The molecule has 1 aromatic heterocycles. The fraction of sp³-hybridized carbons (Fsp3) is 0.227. The molecule has 1 aliphatic heterocycles. The standard InChI is InChI=1S/C22H22N4O4S/c1-3-30-20(27)18-17(12-31-22-24-15-6-4-5-7-16(15)25-22)23-21(28)26-19(18)13-8-10-14(29-2)11-9-13/h4-11,19H,3,12H2,1-2H3,(H,24,25)(H2,23,26,28)/t19-/m1/s1. The molecule has 0 saturated heterocycles. The van der Waals surface area contributed by atoms with Crippen molar-refractivity contribution in [3.8, 4) is 5.75 Å². The van der Waals surface area contributed by atoms with Gasteiger partial charge in [0, 0.05) is 11.4 Å². The molecule has 0 fully saturated rings. The van der Waals surface area contributed by atoms with Crippen molar-refractivity contribution in [2.45, 2.75) is 18.1 Å². The zero-order chi connectivity index (χ0) is 21.8. The van der Waals surface area contributed by atoms with Crippen LogP contribution in [0.25, 0.3) is 11.0 Å². The van der Waals surface area contributed by atoms with Crippen molar-refractivity contribution in [1.29, 1.82) is 0 Å². The van der Waals surface area contributed by atoms with Gasteiger partial charge in [-0.3, -0.25) is 0 Å². The lowest BCUT2D eigenvalue weighted by Gasteiger charge is -2.29. The Morgan fingerprint density at radius 2 is 1.94 bits per heavy atom. The molecule has 160 valence electrons. The van der Waals surface area contributed by atoms with Crippen LogP contribution in [0.2, 0.25) is 0 Å². The van der Waals surface area contributed by atoms with Gasteiger partial charge in [0.1, 0.15) is 5.75 Å². The number of carbonyl (C=O) groups excluding carboxylic acids is 2. The van der Waals surface area contributed by atoms with Gasteiger partial charge in [-0.05, 0) is 36.8 Å². The van der Waals surface area contributed by atoms with Gasteiger partial charge in [-0.25, -0.2) is 14.6 Å². The first-order chi connectivity index (χ1) is 15.1. The number of aromatic nitrogens is 2. The molecule has 0 spiro atoms. The lowest BCUT2D eigenvalue weighted by atomic mass is 9.95. The number of fused-ring (bicyclic) bond motifs is 1. The predicted molar refractivity (Wildman–Crippen MR) is 118 cm³/mol. The summed E-state index contributed by atoms with van der Waals surface area (Å²) in [6, 6.07) is 13.9. The number of nitrogens with zero attached hydrogens (tertiary/aromatic N) is 1. The summed E-state index contributed by atoms with van der Waals surface area (Å²) in [5.41, 5.74) is 3.40. The Kier molecular flexibility index (Phi) is 6.13. The molecule has 4 rings (SSSR count). The first-order valence-electron chi connectivity index (χ1n) is 9.78. The molecule has 0 radical (unpaired) electrons. The second kappa shape index (κ2) is 9.13. The maximum absolute atomic E-state index is 12.8. The fourth-order valence-electron chi connectivity index (χ4n) is 3.37. The number of aromatic amines is 1. The summed E-state index contributed by atoms with van der Waals surface area (Å²) in [5.74, 6) is 0.552. The number of urea groups is 1. The number of carbonyl (C=O) groups is 2. The van der Waals surface area contributed by atoms with E-state index in [9.17, 15) is 9.59 Å². The number of ether oxygens (including phenoxy) is 2. The number of amides is 2. The number of para-hydroxylation sites is 2. The minimum absolute atomic E-state index is 0.232. The van der Waals surface area contributed by atoms with Crippen molar-refractivity contribution < 1.29 is 19.1 Å². The van der Waals surface area contributed by atoms with Gasteiger partial charge in [0.15, 0.2) is 5.16 Å². The van der Waals surface area contributed by atoms with Crippen LogP contribution in [0, 0.1) is 0 Å². The van der Waals surface area contributed by atoms with E-state index in [0.29, 0.717) is 27.9 Å². The van der Waals surface area contributed by atoms with Crippen LogP contribution in [0.15, 0.2) is 65.0 Å². The number of benzene rings is 2. The normalized spacial score (nSPS) is 16.1. The van der Waals surface area contributed by atoms with Crippen molar-refractivity contribution in [2.24, 2.45) is 0 Å². The average Bonchev–Trinajstić information content (AvgIpc) is 3.20. The Morgan fingerprint density at radius 3 is 2.65 bits per heavy atom. The monoisotopic (exact) mass is 438 g/mol. The maximum Gasteiger partial charge on any atom is 0.338 e. The topological polar surface area (TPSA) is 105 Å². The molecule has 0 aliphatic carbocycles. The molecule has 1 aliphatic rings. The van der Waals surface area contributed by atoms with Gasteiger partial charge in [0.25, 0.3) is 0 Å². The van der Waals surface area contributed by atoms with Crippen molar-refractivity contribution in [2.75, 3.05) is 19.5 Å². The van der Waals surface area contributed by atoms with E-state index < -0.39 is 12.0 Å². The number of methoxy groups -OCH3 is 1. The molecule has 3 aromatic rings. The van der Waals surface area contributed by atoms with Gasteiger partial charge in [0.05, 0.1) is 36.4 Å². The fourth-order valence-corrected chi connectivity index (χ4v) is 4.22. The molecule has 2 aromatic carbocycles. The van der Waals surface area contributed by atoms with Crippen LogP contribution in [0.4, 0.5) is 4.79 Å². The number of esters is 1. The van der Waals surface area contributed by atoms with Crippen molar-refractivity contribution >= 4 is 34.8 Å². The van der Waals surface area contributed by atoms with Crippen LogP contribution >= 0.6 is 11.8 Å². The molecule has 1 atom stereocenters. The molecule has 0 unspecified atom stereocenters. The van der Waals surface area contributed by atoms with Crippen LogP contribution in [0.1, 0.15) is 18.5 Å². The highest BCUT2D eigenvalue weighted by Crippen LogP contribution is 2.31. The summed E-state index contributed by atoms with van der Waals surface area (Å²) in [7, 11) is 1.58. The van der Waals surface area contributed by atoms with Crippen molar-refractivity contribution in [1.82, 2.24) is 20.6 Å². The highest BCUT2D eigenvalue weighted by Gasteiger charge is 2.33. The summed E-state index contributed by atoms with van der Waals surface area (Å²) in [6.45, 7) is 1.98. The average molecular weight is 439 g/mol. The molecule has 31 heavy (non-hydrogen) atoms. The maximum atomic E-state index is 12.8. The van der Waals surface area contributed by atoms with Crippen LogP contribution in [0.5, 0.6) is 5.75 Å². The molecular weight excluding hydrogens is 416 g/mol. The van der Waals surface area contributed by atoms with Crippen LogP contribution in [-0.2, 0) is 9.53 Å². The minimum Gasteiger partial charge on any atom is -0.497 e. The number of rotatable bonds is 7. The molecular formula is C22H22N4O4S. The van der Waals surface area contributed by atoms with Gasteiger partial charge < -0.3 is 25.1 Å². The third-order valence-electron chi connectivity index (χ3n) is 4.82. The summed E-state index contributed by atoms with van der Waals surface area (Å²) in [5, 5.41) is 6.30. The Hall–Kier alpha value is -3.46. The van der Waals surface area contributed by atoms with Crippen molar-refractivity contribution in [3.63, 3.8) is 0 Å². The van der Waals surface area contributed by atoms with E-state index >= 15 is 0 Å². The van der Waals surface area contributed by atoms with Gasteiger partial charge in [-0.2, -0.15) is 0 Å². The van der Waals surface area contributed by atoms with Crippen LogP contribution < -0.4 is 15.4 Å². The number of thioether (sulfide) groups is 1. The van der Waals surface area contributed by atoms with E-state index in [-0.39, 0.29) is 12.6 Å². The molecule has 0 bridgehead atoms. The second-order valence-corrected chi connectivity index (χ2v) is 7.73. The first kappa shape index (κ1) is 20.8. The quantitative estimate of drug-likeness (QED) is 0.385. The van der Waals surface area contributed by atoms with E-state index in [1.54, 1.807) is 26.2 Å². The molecule has 9 heteroatoms. The smallest absolute Gasteiger partial charge is 0.338 e. The lowest BCUT2D eigenvalue weighted by Crippen LogP contribution is -2.46. The van der Waals surface area contributed by atoms with Gasteiger partial charge in [-0.15, -0.1) is 0 Å². The lowest BCUT2D eigenvalue weighted by molar-refractivity contribution is -0.139. The highest BCUT2D eigenvalue weighted by atomic mass is 32.2. The molecule has 2 amide bonds. The Balaban J connectivity index is 1.66. The summed E-state index contributed by atoms with van der Waals surface area (Å²) in [4.78, 5) is 33.0. The largest absolute Gasteiger partial charge is 0.497 e. The van der Waals surface area contributed by atoms with E-state index in [1.807, 2.05) is 36.4 Å². The molecule has 3 N–H and O–H groups in total. The van der Waals surface area contributed by atoms with Crippen molar-refractivity contribution in [3.05, 3.63) is 65.4 Å². The zero-order valence-corrected chi connectivity index (χ0v) is 17.9. The molecule has 0 saturated carbocycles. The number of H-pyrrole nitrogens is 1. The summed E-state index contributed by atoms with van der Waals surface area (Å²) >= 11 is 1.40. The second-order valence-electron chi connectivity index (χ2n) is 6.77. The molecule has 2 heterocycles. The number of hydrogen-bond donors (Lipinski definition) is 3.